The highest BCUT2D eigenvalue weighted by Crippen LogP contribution is 2.37. The fourth-order valence-electron chi connectivity index (χ4n) is 3.86. The molecular formula is C19H24N4O3. The molecule has 0 saturated carbocycles. The normalized spacial score (nSPS) is 22.0. The van der Waals surface area contributed by atoms with Gasteiger partial charge in [0.1, 0.15) is 0 Å². The van der Waals surface area contributed by atoms with Gasteiger partial charge in [-0.05, 0) is 42.4 Å². The molecule has 2 aliphatic heterocycles. The van der Waals surface area contributed by atoms with Crippen LogP contribution in [0.4, 0.5) is 0 Å². The fraction of sp³-hybridized carbons (Fsp3) is 0.526. The zero-order valence-electron chi connectivity index (χ0n) is 15.1. The standard InChI is InChI=1S/C19H24N4O3/c1-19(12-15-3-4-16-17(11-15)26-14-25-16)6-5-18(24)22(13-19)8-2-9-23-10-7-20-21-23/h3-4,7,10-11H,2,5-6,8-9,12-14H2,1H3/t19-/m1/s1. The lowest BCUT2D eigenvalue weighted by atomic mass is 9.76. The lowest BCUT2D eigenvalue weighted by Crippen LogP contribution is -2.46. The first-order valence-electron chi connectivity index (χ1n) is 9.12. The molecule has 1 amide bonds. The molecule has 1 saturated heterocycles. The molecule has 1 fully saturated rings. The summed E-state index contributed by atoms with van der Waals surface area (Å²) in [4.78, 5) is 14.3. The fourth-order valence-corrected chi connectivity index (χ4v) is 3.86. The Labute approximate surface area is 152 Å². The van der Waals surface area contributed by atoms with Gasteiger partial charge in [0.05, 0.1) is 6.20 Å². The second kappa shape index (κ2) is 6.97. The van der Waals surface area contributed by atoms with Crippen LogP contribution in [0.25, 0.3) is 0 Å². The molecule has 0 aliphatic carbocycles. The Morgan fingerprint density at radius 2 is 2.12 bits per heavy atom. The van der Waals surface area contributed by atoms with Crippen molar-refractivity contribution in [2.45, 2.75) is 39.2 Å². The summed E-state index contributed by atoms with van der Waals surface area (Å²) in [6.07, 6.45) is 6.87. The Balaban J connectivity index is 1.37. The minimum atomic E-state index is 0.0782. The van der Waals surface area contributed by atoms with Crippen LogP contribution >= 0.6 is 0 Å². The van der Waals surface area contributed by atoms with Gasteiger partial charge >= 0.3 is 0 Å². The zero-order chi connectivity index (χ0) is 18.0. The maximum atomic E-state index is 12.3. The number of amides is 1. The van der Waals surface area contributed by atoms with Crippen molar-refractivity contribution >= 4 is 5.91 Å². The Morgan fingerprint density at radius 1 is 1.23 bits per heavy atom. The highest BCUT2D eigenvalue weighted by Gasteiger charge is 2.35. The number of aromatic nitrogens is 3. The summed E-state index contributed by atoms with van der Waals surface area (Å²) in [6.45, 7) is 4.90. The number of rotatable bonds is 6. The highest BCUT2D eigenvalue weighted by molar-refractivity contribution is 5.77. The van der Waals surface area contributed by atoms with Gasteiger partial charge in [0.15, 0.2) is 11.5 Å². The second-order valence-corrected chi connectivity index (χ2v) is 7.51. The molecule has 0 N–H and O–H groups in total. The van der Waals surface area contributed by atoms with E-state index >= 15 is 0 Å². The van der Waals surface area contributed by atoms with Crippen molar-refractivity contribution in [2.24, 2.45) is 5.41 Å². The van der Waals surface area contributed by atoms with E-state index in [0.717, 1.165) is 50.4 Å². The molecule has 1 aromatic heterocycles. The third kappa shape index (κ3) is 3.66. The number of aryl methyl sites for hydroxylation is 1. The van der Waals surface area contributed by atoms with Crippen LogP contribution in [0.1, 0.15) is 31.7 Å². The van der Waals surface area contributed by atoms with Crippen molar-refractivity contribution in [3.8, 4) is 11.5 Å². The number of piperidine rings is 1. The lowest BCUT2D eigenvalue weighted by Gasteiger charge is -2.40. The molecule has 1 atom stereocenters. The van der Waals surface area contributed by atoms with Gasteiger partial charge in [-0.15, -0.1) is 5.10 Å². The molecule has 0 unspecified atom stereocenters. The quantitative estimate of drug-likeness (QED) is 0.794. The van der Waals surface area contributed by atoms with E-state index in [1.54, 1.807) is 10.9 Å². The number of hydrogen-bond acceptors (Lipinski definition) is 5. The van der Waals surface area contributed by atoms with Crippen LogP contribution in [-0.4, -0.2) is 45.7 Å². The van der Waals surface area contributed by atoms with Gasteiger partial charge in [-0.2, -0.15) is 0 Å². The summed E-state index contributed by atoms with van der Waals surface area (Å²) in [5.41, 5.74) is 1.31. The topological polar surface area (TPSA) is 69.5 Å². The number of fused-ring (bicyclic) bond motifs is 1. The number of ether oxygens (including phenoxy) is 2. The van der Waals surface area contributed by atoms with Gasteiger partial charge in [-0.3, -0.25) is 9.48 Å². The van der Waals surface area contributed by atoms with Gasteiger partial charge in [0.2, 0.25) is 12.7 Å². The molecule has 1 aromatic carbocycles. The molecule has 138 valence electrons. The molecule has 7 nitrogen and oxygen atoms in total. The summed E-state index contributed by atoms with van der Waals surface area (Å²) in [5.74, 6) is 1.89. The lowest BCUT2D eigenvalue weighted by molar-refractivity contribution is -0.137. The van der Waals surface area contributed by atoms with E-state index in [4.69, 9.17) is 9.47 Å². The van der Waals surface area contributed by atoms with Gasteiger partial charge in [0, 0.05) is 32.3 Å². The summed E-state index contributed by atoms with van der Waals surface area (Å²) in [7, 11) is 0. The van der Waals surface area contributed by atoms with Crippen molar-refractivity contribution in [3.05, 3.63) is 36.2 Å². The Hall–Kier alpha value is -2.57. The van der Waals surface area contributed by atoms with E-state index in [0.29, 0.717) is 13.2 Å². The number of carbonyl (C=O) groups excluding carboxylic acids is 1. The number of hydrogen-bond donors (Lipinski definition) is 0. The smallest absolute Gasteiger partial charge is 0.231 e. The zero-order valence-corrected chi connectivity index (χ0v) is 15.1. The average Bonchev–Trinajstić information content (AvgIpc) is 3.29. The molecule has 3 heterocycles. The van der Waals surface area contributed by atoms with Crippen LogP contribution in [0.2, 0.25) is 0 Å². The van der Waals surface area contributed by atoms with Crippen LogP contribution in [0.5, 0.6) is 11.5 Å². The Morgan fingerprint density at radius 3 is 2.96 bits per heavy atom. The maximum absolute atomic E-state index is 12.3. The first-order chi connectivity index (χ1) is 12.6. The van der Waals surface area contributed by atoms with Crippen molar-refractivity contribution in [3.63, 3.8) is 0 Å². The summed E-state index contributed by atoms with van der Waals surface area (Å²) in [5, 5.41) is 7.78. The van der Waals surface area contributed by atoms with Crippen molar-refractivity contribution in [2.75, 3.05) is 19.9 Å². The van der Waals surface area contributed by atoms with E-state index in [2.05, 4.69) is 29.4 Å². The number of nitrogens with zero attached hydrogens (tertiary/aromatic N) is 4. The van der Waals surface area contributed by atoms with Crippen LogP contribution in [0.15, 0.2) is 30.6 Å². The predicted octanol–water partition coefficient (Wildman–Crippen LogP) is 2.27. The minimum Gasteiger partial charge on any atom is -0.454 e. The van der Waals surface area contributed by atoms with E-state index in [-0.39, 0.29) is 11.3 Å². The van der Waals surface area contributed by atoms with Gasteiger partial charge < -0.3 is 14.4 Å². The number of likely N-dealkylation sites (tertiary alicyclic amines) is 1. The molecule has 0 radical (unpaired) electrons. The van der Waals surface area contributed by atoms with E-state index in [1.165, 1.54) is 5.56 Å². The molecular weight excluding hydrogens is 332 g/mol. The van der Waals surface area contributed by atoms with Crippen LogP contribution < -0.4 is 9.47 Å². The third-order valence-electron chi connectivity index (χ3n) is 5.22. The summed E-state index contributed by atoms with van der Waals surface area (Å²) in [6, 6.07) is 6.15. The Bertz CT molecular complexity index is 777. The van der Waals surface area contributed by atoms with Crippen molar-refractivity contribution < 1.29 is 14.3 Å². The molecule has 7 heteroatoms. The number of carbonyl (C=O) groups is 1. The van der Waals surface area contributed by atoms with Crippen molar-refractivity contribution in [1.29, 1.82) is 0 Å². The van der Waals surface area contributed by atoms with E-state index < -0.39 is 0 Å². The Kier molecular flexibility index (Phi) is 4.53. The van der Waals surface area contributed by atoms with Crippen LogP contribution in [-0.2, 0) is 17.8 Å². The largest absolute Gasteiger partial charge is 0.454 e. The van der Waals surface area contributed by atoms with Crippen molar-refractivity contribution in [1.82, 2.24) is 19.9 Å². The summed E-state index contributed by atoms with van der Waals surface area (Å²) < 4.78 is 12.7. The average molecular weight is 356 g/mol. The molecule has 0 bridgehead atoms. The van der Waals surface area contributed by atoms with Gasteiger partial charge in [-0.25, -0.2) is 0 Å². The van der Waals surface area contributed by atoms with Gasteiger partial charge in [-0.1, -0.05) is 18.2 Å². The van der Waals surface area contributed by atoms with Gasteiger partial charge in [0.25, 0.3) is 0 Å². The second-order valence-electron chi connectivity index (χ2n) is 7.51. The van der Waals surface area contributed by atoms with E-state index in [9.17, 15) is 4.79 Å². The third-order valence-corrected chi connectivity index (χ3v) is 5.22. The molecule has 2 aromatic rings. The van der Waals surface area contributed by atoms with Crippen LogP contribution in [0.3, 0.4) is 0 Å². The SMILES string of the molecule is C[C@]1(Cc2ccc3c(c2)OCO3)CCC(=O)N(CCCn2ccnn2)C1. The molecule has 2 aliphatic rings. The van der Waals surface area contributed by atoms with Crippen LogP contribution in [0, 0.1) is 5.41 Å². The first kappa shape index (κ1) is 16.9. The molecule has 26 heavy (non-hydrogen) atoms. The van der Waals surface area contributed by atoms with E-state index in [1.807, 2.05) is 17.2 Å². The maximum Gasteiger partial charge on any atom is 0.231 e. The molecule has 4 rings (SSSR count). The first-order valence-corrected chi connectivity index (χ1v) is 9.12. The summed E-state index contributed by atoms with van der Waals surface area (Å²) >= 11 is 0. The molecule has 0 spiro atoms. The predicted molar refractivity (Wildman–Crippen MR) is 94.8 cm³/mol. The highest BCUT2D eigenvalue weighted by atomic mass is 16.7. The minimum absolute atomic E-state index is 0.0782. The monoisotopic (exact) mass is 356 g/mol. The number of benzene rings is 1.